The maximum Gasteiger partial charge on any atom is 0.119 e. The van der Waals surface area contributed by atoms with Gasteiger partial charge in [-0.15, -0.1) is 0 Å². The lowest BCUT2D eigenvalue weighted by Gasteiger charge is -2.54. The van der Waals surface area contributed by atoms with Crippen molar-refractivity contribution >= 4 is 0 Å². The standard InChI is InChI=1S/C25H31NO/c1-17-3-2-4-19(9-17)16-27-24-7-5-18(6-8-24)15-26-25-22-11-20-10-21(13-22)14-23(25)12-20/h2-9,20-23,25-26H,10-16H2,1H3. The van der Waals surface area contributed by atoms with Crippen LogP contribution in [0.3, 0.4) is 0 Å². The molecule has 0 amide bonds. The van der Waals surface area contributed by atoms with Gasteiger partial charge in [-0.05, 0) is 86.0 Å². The minimum Gasteiger partial charge on any atom is -0.489 e. The van der Waals surface area contributed by atoms with Gasteiger partial charge in [-0.1, -0.05) is 42.0 Å². The molecule has 0 unspecified atom stereocenters. The Balaban J connectivity index is 1.14. The summed E-state index contributed by atoms with van der Waals surface area (Å²) < 4.78 is 5.95. The van der Waals surface area contributed by atoms with Crippen molar-refractivity contribution in [3.05, 3.63) is 65.2 Å². The van der Waals surface area contributed by atoms with Gasteiger partial charge in [-0.3, -0.25) is 0 Å². The fourth-order valence-corrected chi connectivity index (χ4v) is 6.17. The molecule has 4 fully saturated rings. The molecule has 0 saturated heterocycles. The molecule has 0 radical (unpaired) electrons. The van der Waals surface area contributed by atoms with E-state index in [4.69, 9.17) is 4.74 Å². The largest absolute Gasteiger partial charge is 0.489 e. The highest BCUT2D eigenvalue weighted by Gasteiger charge is 2.47. The predicted octanol–water partition coefficient (Wildman–Crippen LogP) is 5.49. The van der Waals surface area contributed by atoms with E-state index < -0.39 is 0 Å². The normalized spacial score (nSPS) is 31.2. The average Bonchev–Trinajstić information content (AvgIpc) is 2.66. The van der Waals surface area contributed by atoms with Crippen molar-refractivity contribution in [2.24, 2.45) is 23.7 Å². The highest BCUT2D eigenvalue weighted by Crippen LogP contribution is 2.53. The Morgan fingerprint density at radius 1 is 0.852 bits per heavy atom. The summed E-state index contributed by atoms with van der Waals surface area (Å²) in [5.41, 5.74) is 3.87. The van der Waals surface area contributed by atoms with Crippen LogP contribution in [0.15, 0.2) is 48.5 Å². The van der Waals surface area contributed by atoms with Crippen molar-refractivity contribution in [3.8, 4) is 5.75 Å². The van der Waals surface area contributed by atoms with Gasteiger partial charge in [0.2, 0.25) is 0 Å². The van der Waals surface area contributed by atoms with E-state index in [1.807, 2.05) is 0 Å². The second kappa shape index (κ2) is 7.31. The van der Waals surface area contributed by atoms with Crippen LogP contribution in [0.5, 0.6) is 5.75 Å². The van der Waals surface area contributed by atoms with Crippen LogP contribution in [-0.2, 0) is 13.2 Å². The molecule has 2 nitrogen and oxygen atoms in total. The zero-order valence-electron chi connectivity index (χ0n) is 16.4. The van der Waals surface area contributed by atoms with Gasteiger partial charge in [0.25, 0.3) is 0 Å². The third-order valence-corrected chi connectivity index (χ3v) is 7.18. The fraction of sp³-hybridized carbons (Fsp3) is 0.520. The van der Waals surface area contributed by atoms with Crippen LogP contribution in [0, 0.1) is 30.6 Å². The highest BCUT2D eigenvalue weighted by molar-refractivity contribution is 5.28. The summed E-state index contributed by atoms with van der Waals surface area (Å²) in [5.74, 6) is 4.94. The molecule has 2 aromatic rings. The number of hydrogen-bond donors (Lipinski definition) is 1. The van der Waals surface area contributed by atoms with Gasteiger partial charge >= 0.3 is 0 Å². The molecule has 0 aromatic heterocycles. The van der Waals surface area contributed by atoms with Gasteiger partial charge in [-0.25, -0.2) is 0 Å². The first-order chi connectivity index (χ1) is 13.2. The number of nitrogens with one attached hydrogen (secondary N) is 1. The van der Waals surface area contributed by atoms with E-state index in [9.17, 15) is 0 Å². The lowest BCUT2D eigenvalue weighted by Crippen LogP contribution is -2.54. The van der Waals surface area contributed by atoms with Gasteiger partial charge in [0, 0.05) is 12.6 Å². The van der Waals surface area contributed by atoms with E-state index in [1.165, 1.54) is 48.8 Å². The number of hydrogen-bond acceptors (Lipinski definition) is 2. The van der Waals surface area contributed by atoms with Crippen LogP contribution in [0.2, 0.25) is 0 Å². The molecule has 2 aromatic carbocycles. The molecule has 4 aliphatic carbocycles. The molecule has 4 saturated carbocycles. The van der Waals surface area contributed by atoms with E-state index in [1.54, 1.807) is 0 Å². The van der Waals surface area contributed by atoms with Gasteiger partial charge in [0.1, 0.15) is 12.4 Å². The SMILES string of the molecule is Cc1cccc(COc2ccc(CNC3C4CC5CC(C4)CC3C5)cc2)c1. The molecule has 1 N–H and O–H groups in total. The number of ether oxygens (including phenoxy) is 1. The summed E-state index contributed by atoms with van der Waals surface area (Å²) in [7, 11) is 0. The minimum atomic E-state index is 0.632. The average molecular weight is 362 g/mol. The minimum absolute atomic E-state index is 0.632. The maximum atomic E-state index is 5.95. The van der Waals surface area contributed by atoms with Crippen molar-refractivity contribution < 1.29 is 4.74 Å². The van der Waals surface area contributed by atoms with Gasteiger partial charge < -0.3 is 10.1 Å². The molecule has 0 atom stereocenters. The molecule has 0 spiro atoms. The van der Waals surface area contributed by atoms with Crippen LogP contribution < -0.4 is 10.1 Å². The van der Waals surface area contributed by atoms with Crippen LogP contribution in [0.25, 0.3) is 0 Å². The Hall–Kier alpha value is -1.80. The Labute approximate surface area is 163 Å². The van der Waals surface area contributed by atoms with Crippen LogP contribution in [0.1, 0.15) is 48.8 Å². The number of rotatable bonds is 6. The van der Waals surface area contributed by atoms with Crippen molar-refractivity contribution in [1.29, 1.82) is 0 Å². The monoisotopic (exact) mass is 361 g/mol. The van der Waals surface area contributed by atoms with Crippen molar-refractivity contribution in [3.63, 3.8) is 0 Å². The quantitative estimate of drug-likeness (QED) is 0.735. The zero-order valence-corrected chi connectivity index (χ0v) is 16.4. The van der Waals surface area contributed by atoms with Crippen LogP contribution >= 0.6 is 0 Å². The summed E-state index contributed by atoms with van der Waals surface area (Å²) in [6.07, 6.45) is 7.46. The number of aryl methyl sites for hydroxylation is 1. The van der Waals surface area contributed by atoms with E-state index >= 15 is 0 Å². The summed E-state index contributed by atoms with van der Waals surface area (Å²) in [6, 6.07) is 17.9. The topological polar surface area (TPSA) is 21.3 Å². The molecule has 4 bridgehead atoms. The molecule has 6 rings (SSSR count). The van der Waals surface area contributed by atoms with Crippen molar-refractivity contribution in [2.75, 3.05) is 0 Å². The number of benzene rings is 2. The summed E-state index contributed by atoms with van der Waals surface area (Å²) in [6.45, 7) is 3.74. The Kier molecular flexibility index (Phi) is 4.69. The Bertz CT molecular complexity index is 753. The third kappa shape index (κ3) is 3.78. The zero-order chi connectivity index (χ0) is 18.2. The van der Waals surface area contributed by atoms with E-state index in [2.05, 4.69) is 60.8 Å². The van der Waals surface area contributed by atoms with E-state index in [0.717, 1.165) is 42.0 Å². The molecule has 2 heteroatoms. The first kappa shape index (κ1) is 17.3. The van der Waals surface area contributed by atoms with Crippen LogP contribution in [0.4, 0.5) is 0 Å². The summed E-state index contributed by atoms with van der Waals surface area (Å²) in [5, 5.41) is 3.92. The first-order valence-electron chi connectivity index (χ1n) is 10.7. The highest BCUT2D eigenvalue weighted by atomic mass is 16.5. The molecule has 142 valence electrons. The Morgan fingerprint density at radius 2 is 1.56 bits per heavy atom. The smallest absolute Gasteiger partial charge is 0.119 e. The second-order valence-corrected chi connectivity index (χ2v) is 9.26. The van der Waals surface area contributed by atoms with Gasteiger partial charge in [0.15, 0.2) is 0 Å². The van der Waals surface area contributed by atoms with Crippen molar-refractivity contribution in [1.82, 2.24) is 5.32 Å². The first-order valence-corrected chi connectivity index (χ1v) is 10.7. The van der Waals surface area contributed by atoms with Gasteiger partial charge in [0.05, 0.1) is 0 Å². The predicted molar refractivity (Wildman–Crippen MR) is 110 cm³/mol. The van der Waals surface area contributed by atoms with Gasteiger partial charge in [-0.2, -0.15) is 0 Å². The molecule has 27 heavy (non-hydrogen) atoms. The van der Waals surface area contributed by atoms with Crippen LogP contribution in [-0.4, -0.2) is 6.04 Å². The molecular formula is C25H31NO. The summed E-state index contributed by atoms with van der Waals surface area (Å²) in [4.78, 5) is 0. The van der Waals surface area contributed by atoms with E-state index in [0.29, 0.717) is 6.61 Å². The van der Waals surface area contributed by atoms with Crippen molar-refractivity contribution in [2.45, 2.75) is 58.2 Å². The lowest BCUT2D eigenvalue weighted by molar-refractivity contribution is -0.0142. The lowest BCUT2D eigenvalue weighted by atomic mass is 9.54. The Morgan fingerprint density at radius 3 is 2.22 bits per heavy atom. The maximum absolute atomic E-state index is 5.95. The third-order valence-electron chi connectivity index (χ3n) is 7.18. The molecular weight excluding hydrogens is 330 g/mol. The van der Waals surface area contributed by atoms with E-state index in [-0.39, 0.29) is 0 Å². The summed E-state index contributed by atoms with van der Waals surface area (Å²) >= 11 is 0. The molecule has 0 heterocycles. The fourth-order valence-electron chi connectivity index (χ4n) is 6.17. The second-order valence-electron chi connectivity index (χ2n) is 9.26. The molecule has 4 aliphatic rings. The molecule has 0 aliphatic heterocycles.